The van der Waals surface area contributed by atoms with Crippen LogP contribution in [0.25, 0.3) is 0 Å². The lowest BCUT2D eigenvalue weighted by atomic mass is 9.95. The lowest BCUT2D eigenvalue weighted by molar-refractivity contribution is -0.137. The van der Waals surface area contributed by atoms with Gasteiger partial charge >= 0.3 is 0 Å². The molecule has 2 N–H and O–H groups in total. The highest BCUT2D eigenvalue weighted by atomic mass is 16.2. The van der Waals surface area contributed by atoms with Crippen LogP contribution in [0.1, 0.15) is 59.8 Å². The summed E-state index contributed by atoms with van der Waals surface area (Å²) in [6.07, 6.45) is 4.46. The van der Waals surface area contributed by atoms with Crippen molar-refractivity contribution in [1.29, 1.82) is 0 Å². The number of nitrogens with one attached hydrogen (secondary N) is 2. The normalized spacial score (nSPS) is 25.6. The van der Waals surface area contributed by atoms with Gasteiger partial charge in [0.25, 0.3) is 0 Å². The maximum absolute atomic E-state index is 12.4. The first-order valence-corrected chi connectivity index (χ1v) is 8.75. The van der Waals surface area contributed by atoms with Crippen LogP contribution in [0.2, 0.25) is 0 Å². The molecule has 2 fully saturated rings. The second-order valence-corrected chi connectivity index (χ2v) is 7.41. The Hall–Kier alpha value is -1.10. The number of amides is 2. The van der Waals surface area contributed by atoms with Crippen molar-refractivity contribution in [3.8, 4) is 0 Å². The summed E-state index contributed by atoms with van der Waals surface area (Å²) in [5, 5.41) is 6.65. The van der Waals surface area contributed by atoms with Gasteiger partial charge in [-0.2, -0.15) is 0 Å². The quantitative estimate of drug-likeness (QED) is 0.815. The largest absolute Gasteiger partial charge is 0.342 e. The monoisotopic (exact) mass is 309 g/mol. The fourth-order valence-electron chi connectivity index (χ4n) is 3.64. The Morgan fingerprint density at radius 3 is 2.50 bits per heavy atom. The van der Waals surface area contributed by atoms with Gasteiger partial charge in [-0.05, 0) is 18.8 Å². The lowest BCUT2D eigenvalue weighted by Crippen LogP contribution is -2.58. The summed E-state index contributed by atoms with van der Waals surface area (Å²) in [6.45, 7) is 9.86. The number of rotatable bonds is 5. The first kappa shape index (κ1) is 17.3. The van der Waals surface area contributed by atoms with Gasteiger partial charge in [0.1, 0.15) is 0 Å². The molecule has 0 aromatic carbocycles. The Balaban J connectivity index is 1.89. The molecule has 126 valence electrons. The molecule has 2 saturated heterocycles. The van der Waals surface area contributed by atoms with E-state index in [1.165, 1.54) is 0 Å². The fourth-order valence-corrected chi connectivity index (χ4v) is 3.64. The summed E-state index contributed by atoms with van der Waals surface area (Å²) < 4.78 is 0. The molecule has 0 aromatic heterocycles. The van der Waals surface area contributed by atoms with E-state index < -0.39 is 0 Å². The summed E-state index contributed by atoms with van der Waals surface area (Å²) >= 11 is 0. The van der Waals surface area contributed by atoms with Crippen molar-refractivity contribution in [1.82, 2.24) is 15.5 Å². The van der Waals surface area contributed by atoms with Gasteiger partial charge in [-0.25, -0.2) is 0 Å². The number of carbonyl (C=O) groups excluding carboxylic acids is 2. The first-order valence-electron chi connectivity index (χ1n) is 8.75. The molecule has 2 unspecified atom stereocenters. The van der Waals surface area contributed by atoms with Crippen LogP contribution in [-0.4, -0.2) is 41.5 Å². The molecule has 2 amide bonds. The maximum Gasteiger partial charge on any atom is 0.238 e. The fraction of sp³-hybridized carbons (Fsp3) is 0.882. The number of carbonyl (C=O) groups is 2. The zero-order valence-corrected chi connectivity index (χ0v) is 14.4. The van der Waals surface area contributed by atoms with Crippen LogP contribution in [0.15, 0.2) is 0 Å². The third-order valence-corrected chi connectivity index (χ3v) is 4.91. The Bertz CT molecular complexity index is 414. The van der Waals surface area contributed by atoms with E-state index in [2.05, 4.69) is 31.4 Å². The van der Waals surface area contributed by atoms with Crippen molar-refractivity contribution in [2.24, 2.45) is 11.8 Å². The zero-order valence-electron chi connectivity index (χ0n) is 14.4. The van der Waals surface area contributed by atoms with E-state index in [-0.39, 0.29) is 29.4 Å². The molecule has 0 radical (unpaired) electrons. The average Bonchev–Trinajstić information content (AvgIpc) is 2.74. The van der Waals surface area contributed by atoms with Crippen LogP contribution < -0.4 is 10.6 Å². The summed E-state index contributed by atoms with van der Waals surface area (Å²) in [5.41, 5.74) is -0.290. The Kier molecular flexibility index (Phi) is 5.48. The van der Waals surface area contributed by atoms with Crippen LogP contribution in [0.3, 0.4) is 0 Å². The van der Waals surface area contributed by atoms with Gasteiger partial charge in [-0.1, -0.05) is 34.1 Å². The SMILES string of the molecule is CCCC(C)C(=O)N1CCC2(CC1)NC(=O)C(CC(C)C)N2. The molecule has 1 spiro atoms. The van der Waals surface area contributed by atoms with Crippen molar-refractivity contribution < 1.29 is 9.59 Å². The molecule has 5 nitrogen and oxygen atoms in total. The van der Waals surface area contributed by atoms with Crippen molar-refractivity contribution in [2.75, 3.05) is 13.1 Å². The van der Waals surface area contributed by atoms with Gasteiger partial charge in [0, 0.05) is 31.8 Å². The third-order valence-electron chi connectivity index (χ3n) is 4.91. The minimum atomic E-state index is -0.290. The highest BCUT2D eigenvalue weighted by molar-refractivity contribution is 5.85. The first-order chi connectivity index (χ1) is 10.4. The van der Waals surface area contributed by atoms with Gasteiger partial charge in [0.15, 0.2) is 0 Å². The van der Waals surface area contributed by atoms with Crippen molar-refractivity contribution in [3.05, 3.63) is 0 Å². The van der Waals surface area contributed by atoms with Gasteiger partial charge in [-0.3, -0.25) is 14.9 Å². The Labute approximate surface area is 134 Å². The second-order valence-electron chi connectivity index (χ2n) is 7.41. The summed E-state index contributed by atoms with van der Waals surface area (Å²) in [6, 6.07) is -0.0822. The summed E-state index contributed by atoms with van der Waals surface area (Å²) in [7, 11) is 0. The standard InChI is InChI=1S/C17H31N3O2/c1-5-6-13(4)16(22)20-9-7-17(8-10-20)18-14(11-12(2)3)15(21)19-17/h12-14,18H,5-11H2,1-4H3,(H,19,21). The number of hydrogen-bond acceptors (Lipinski definition) is 3. The smallest absolute Gasteiger partial charge is 0.238 e. The van der Waals surface area contributed by atoms with E-state index >= 15 is 0 Å². The molecule has 22 heavy (non-hydrogen) atoms. The van der Waals surface area contributed by atoms with Crippen LogP contribution >= 0.6 is 0 Å². The number of piperidine rings is 1. The van der Waals surface area contributed by atoms with E-state index in [9.17, 15) is 9.59 Å². The van der Waals surface area contributed by atoms with Gasteiger partial charge in [-0.15, -0.1) is 0 Å². The van der Waals surface area contributed by atoms with E-state index in [0.29, 0.717) is 5.92 Å². The summed E-state index contributed by atoms with van der Waals surface area (Å²) in [5.74, 6) is 0.987. The van der Waals surface area contributed by atoms with Crippen LogP contribution in [0.5, 0.6) is 0 Å². The van der Waals surface area contributed by atoms with Crippen LogP contribution in [0, 0.1) is 11.8 Å². The van der Waals surface area contributed by atoms with Crippen molar-refractivity contribution >= 4 is 11.8 Å². The highest BCUT2D eigenvalue weighted by Crippen LogP contribution is 2.27. The molecular formula is C17H31N3O2. The molecule has 2 rings (SSSR count). The predicted molar refractivity (Wildman–Crippen MR) is 87.1 cm³/mol. The molecule has 2 atom stereocenters. The number of likely N-dealkylation sites (tertiary alicyclic amines) is 1. The van der Waals surface area contributed by atoms with E-state index in [1.807, 2.05) is 11.8 Å². The topological polar surface area (TPSA) is 61.4 Å². The maximum atomic E-state index is 12.4. The van der Waals surface area contributed by atoms with Crippen LogP contribution in [0.4, 0.5) is 0 Å². The van der Waals surface area contributed by atoms with Gasteiger partial charge in [0.05, 0.1) is 11.7 Å². The van der Waals surface area contributed by atoms with Gasteiger partial charge < -0.3 is 10.2 Å². The molecule has 2 aliphatic heterocycles. The lowest BCUT2D eigenvalue weighted by Gasteiger charge is -2.40. The van der Waals surface area contributed by atoms with E-state index in [0.717, 1.165) is 45.2 Å². The average molecular weight is 309 g/mol. The molecule has 2 heterocycles. The van der Waals surface area contributed by atoms with E-state index in [4.69, 9.17) is 0 Å². The molecule has 0 aliphatic carbocycles. The second kappa shape index (κ2) is 6.99. The number of hydrogen-bond donors (Lipinski definition) is 2. The minimum absolute atomic E-state index is 0.0822. The van der Waals surface area contributed by atoms with Crippen molar-refractivity contribution in [2.45, 2.75) is 71.5 Å². The number of nitrogens with zero attached hydrogens (tertiary/aromatic N) is 1. The van der Waals surface area contributed by atoms with E-state index in [1.54, 1.807) is 0 Å². The highest BCUT2D eigenvalue weighted by Gasteiger charge is 2.45. The zero-order chi connectivity index (χ0) is 16.3. The van der Waals surface area contributed by atoms with Gasteiger partial charge in [0.2, 0.25) is 11.8 Å². The predicted octanol–water partition coefficient (Wildman–Crippen LogP) is 1.88. The Morgan fingerprint density at radius 2 is 1.95 bits per heavy atom. The van der Waals surface area contributed by atoms with Crippen LogP contribution in [-0.2, 0) is 9.59 Å². The Morgan fingerprint density at radius 1 is 1.32 bits per heavy atom. The molecule has 0 bridgehead atoms. The third kappa shape index (κ3) is 3.80. The summed E-state index contributed by atoms with van der Waals surface area (Å²) in [4.78, 5) is 26.5. The molecule has 2 aliphatic rings. The molecule has 0 aromatic rings. The molecule has 0 saturated carbocycles. The molecular weight excluding hydrogens is 278 g/mol. The molecule has 5 heteroatoms. The van der Waals surface area contributed by atoms with Crippen molar-refractivity contribution in [3.63, 3.8) is 0 Å². The minimum Gasteiger partial charge on any atom is -0.342 e.